The average Bonchev–Trinajstić information content (AvgIpc) is 4.07. The fourth-order valence-corrected chi connectivity index (χ4v) is 15.0. The zero-order valence-corrected chi connectivity index (χ0v) is 41.2. The molecule has 0 amide bonds. The molecule has 16 rings (SSSR count). The van der Waals surface area contributed by atoms with E-state index in [4.69, 9.17) is 0 Å². The van der Waals surface area contributed by atoms with Crippen molar-refractivity contribution in [2.24, 2.45) is 0 Å². The molecule has 0 saturated carbocycles. The summed E-state index contributed by atoms with van der Waals surface area (Å²) in [6, 6.07) is 78.9. The second-order valence-electron chi connectivity index (χ2n) is 21.1. The van der Waals surface area contributed by atoms with E-state index in [1.807, 2.05) is 0 Å². The number of fused-ring (bicyclic) bond motifs is 18. The lowest BCUT2D eigenvalue weighted by molar-refractivity contribution is 0.746. The minimum absolute atomic E-state index is 0.187. The topological polar surface area (TPSA) is 6.48 Å². The molecule has 74 heavy (non-hydrogen) atoms. The Balaban J connectivity index is 1.03. The summed E-state index contributed by atoms with van der Waals surface area (Å²) in [5, 5.41) is 2.75. The van der Waals surface area contributed by atoms with Crippen LogP contribution in [0.2, 0.25) is 0 Å². The number of hydrogen-bond acceptors (Lipinski definition) is 2. The van der Waals surface area contributed by atoms with Crippen molar-refractivity contribution in [3.05, 3.63) is 310 Å². The molecule has 7 aliphatic carbocycles. The van der Waals surface area contributed by atoms with Gasteiger partial charge in [0.2, 0.25) is 0 Å². The third-order valence-corrected chi connectivity index (χ3v) is 17.7. The van der Waals surface area contributed by atoms with E-state index in [0.717, 1.165) is 32.1 Å². The van der Waals surface area contributed by atoms with Crippen LogP contribution in [0, 0.1) is 0 Å². The smallest absolute Gasteiger partial charge is 0.0723 e. The van der Waals surface area contributed by atoms with Crippen LogP contribution in [0.15, 0.2) is 266 Å². The summed E-state index contributed by atoms with van der Waals surface area (Å²) in [5.41, 5.74) is 27.4. The van der Waals surface area contributed by atoms with Crippen LogP contribution in [0.1, 0.15) is 76.6 Å². The molecule has 0 aliphatic heterocycles. The molecule has 0 saturated heterocycles. The summed E-state index contributed by atoms with van der Waals surface area (Å²) in [6.07, 6.45) is 21.6. The zero-order chi connectivity index (χ0) is 48.5. The van der Waals surface area contributed by atoms with Crippen molar-refractivity contribution in [1.82, 2.24) is 0 Å². The Labute approximate surface area is 433 Å². The molecule has 2 heteroatoms. The summed E-state index contributed by atoms with van der Waals surface area (Å²) >= 11 is 0. The van der Waals surface area contributed by atoms with Gasteiger partial charge in [0, 0.05) is 28.4 Å². The minimum Gasteiger partial charge on any atom is -0.334 e. The maximum Gasteiger partial charge on any atom is 0.0723 e. The quantitative estimate of drug-likeness (QED) is 0.164. The number of para-hydroxylation sites is 3. The summed E-state index contributed by atoms with van der Waals surface area (Å²) in [5.74, 6) is 0. The predicted molar refractivity (Wildman–Crippen MR) is 307 cm³/mol. The molecule has 2 spiro atoms. The highest BCUT2D eigenvalue weighted by atomic mass is 15.2. The highest BCUT2D eigenvalue weighted by Gasteiger charge is 2.56. The van der Waals surface area contributed by atoms with E-state index in [2.05, 4.69) is 259 Å². The van der Waals surface area contributed by atoms with Crippen LogP contribution >= 0.6 is 0 Å². The molecule has 0 N–H and O–H groups in total. The van der Waals surface area contributed by atoms with Crippen molar-refractivity contribution >= 4 is 44.7 Å². The number of rotatable bonds is 6. The molecule has 2 nitrogen and oxygen atoms in total. The van der Waals surface area contributed by atoms with E-state index in [9.17, 15) is 0 Å². The van der Waals surface area contributed by atoms with Crippen molar-refractivity contribution < 1.29 is 0 Å². The van der Waals surface area contributed by atoms with Crippen LogP contribution in [-0.2, 0) is 10.8 Å². The molecule has 7 aliphatic rings. The van der Waals surface area contributed by atoms with Gasteiger partial charge in [-0.2, -0.15) is 0 Å². The Morgan fingerprint density at radius 1 is 0.405 bits per heavy atom. The Kier molecular flexibility index (Phi) is 8.99. The van der Waals surface area contributed by atoms with Crippen LogP contribution < -0.4 is 9.80 Å². The van der Waals surface area contributed by atoms with Gasteiger partial charge in [-0.1, -0.05) is 188 Å². The number of anilines is 4. The number of allylic oxidation sites excluding steroid dienone is 10. The number of hydrogen-bond donors (Lipinski definition) is 0. The van der Waals surface area contributed by atoms with Crippen molar-refractivity contribution in [2.45, 2.75) is 49.0 Å². The van der Waals surface area contributed by atoms with E-state index in [1.165, 1.54) is 128 Å². The maximum absolute atomic E-state index is 2.72. The van der Waals surface area contributed by atoms with Crippen LogP contribution in [-0.4, -0.2) is 6.04 Å². The van der Waals surface area contributed by atoms with Crippen LogP contribution in [0.25, 0.3) is 44.2 Å². The van der Waals surface area contributed by atoms with Crippen molar-refractivity contribution in [3.8, 4) is 22.3 Å². The summed E-state index contributed by atoms with van der Waals surface area (Å²) in [4.78, 5) is 5.10. The molecule has 9 aromatic rings. The Morgan fingerprint density at radius 3 is 1.70 bits per heavy atom. The largest absolute Gasteiger partial charge is 0.334 e. The van der Waals surface area contributed by atoms with Crippen molar-refractivity contribution in [2.75, 3.05) is 9.80 Å². The summed E-state index contributed by atoms with van der Waals surface area (Å²) in [7, 11) is 0. The Bertz CT molecular complexity index is 3970. The predicted octanol–water partition coefficient (Wildman–Crippen LogP) is 17.9. The van der Waals surface area contributed by atoms with Crippen molar-refractivity contribution in [1.29, 1.82) is 0 Å². The lowest BCUT2D eigenvalue weighted by atomic mass is 9.59. The molecule has 0 aromatic heterocycles. The average molecular weight is 945 g/mol. The van der Waals surface area contributed by atoms with Gasteiger partial charge in [-0.3, -0.25) is 0 Å². The summed E-state index contributed by atoms with van der Waals surface area (Å²) in [6.45, 7) is 0. The SMILES string of the molecule is C1=CCC(N(c2ccccc2)c2ccc3c(c2)C2(C4=C(CCC=C4)c4ccccc42)c2cc4c5c(cccc5c2-3)C2(C3=C4CCC(N(c4ccccc4)c4ccccc4)=C3)c3ccccc3-c3ccccc32)C=C1. The van der Waals surface area contributed by atoms with Gasteiger partial charge in [0.1, 0.15) is 0 Å². The first-order chi connectivity index (χ1) is 36.7. The molecule has 350 valence electrons. The first-order valence-corrected chi connectivity index (χ1v) is 26.7. The van der Waals surface area contributed by atoms with Gasteiger partial charge >= 0.3 is 0 Å². The second kappa shape index (κ2) is 15.9. The molecule has 2 unspecified atom stereocenters. The minimum atomic E-state index is -0.545. The molecular formula is C72H52N2. The lowest BCUT2D eigenvalue weighted by Crippen LogP contribution is -2.35. The van der Waals surface area contributed by atoms with E-state index >= 15 is 0 Å². The Hall–Kier alpha value is -8.72. The number of benzene rings is 9. The monoisotopic (exact) mass is 944 g/mol. The van der Waals surface area contributed by atoms with Gasteiger partial charge in [-0.25, -0.2) is 0 Å². The molecule has 0 radical (unpaired) electrons. The van der Waals surface area contributed by atoms with E-state index in [0.29, 0.717) is 0 Å². The highest BCUT2D eigenvalue weighted by molar-refractivity contribution is 6.15. The maximum atomic E-state index is 2.72. The molecule has 9 aromatic carbocycles. The van der Waals surface area contributed by atoms with Crippen LogP contribution in [0.3, 0.4) is 0 Å². The molecule has 2 atom stereocenters. The second-order valence-corrected chi connectivity index (χ2v) is 21.1. The van der Waals surface area contributed by atoms with Crippen LogP contribution in [0.5, 0.6) is 0 Å². The highest BCUT2D eigenvalue weighted by Crippen LogP contribution is 2.69. The zero-order valence-electron chi connectivity index (χ0n) is 41.2. The standard InChI is InChI=1S/C72H52N2/c1-5-22-47(23-6-1)73(48-24-7-2-8-25-48)51-40-42-57-60-46-68-69(59-34-21-39-65(70(59)60)71(66(57)44-51)61-35-17-13-30-53(61)54-31-14-18-36-62(54)71)58-43-41-52(74(49-26-9-3-10-27-49)50-28-11-4-12-29-50)45-67(58)72(68)63-37-19-15-32-55(63)56-33-16-20-38-64(56)72/h1-15,17-28,30-32,34-39,41,43-46,50H,16,29,33,40,42H2. The third-order valence-electron chi connectivity index (χ3n) is 17.7. The van der Waals surface area contributed by atoms with Crippen LogP contribution in [0.4, 0.5) is 22.7 Å². The number of nitrogens with zero attached hydrogens (tertiary/aromatic N) is 2. The fourth-order valence-electron chi connectivity index (χ4n) is 15.0. The summed E-state index contributed by atoms with van der Waals surface area (Å²) < 4.78 is 0. The van der Waals surface area contributed by atoms with E-state index in [-0.39, 0.29) is 6.04 Å². The molecular weight excluding hydrogens is 893 g/mol. The normalized spacial score (nSPS) is 19.5. The Morgan fingerprint density at radius 2 is 1.01 bits per heavy atom. The van der Waals surface area contributed by atoms with E-state index < -0.39 is 10.8 Å². The van der Waals surface area contributed by atoms with E-state index in [1.54, 1.807) is 0 Å². The molecule has 0 fully saturated rings. The first-order valence-electron chi connectivity index (χ1n) is 26.7. The first kappa shape index (κ1) is 41.9. The third kappa shape index (κ3) is 5.50. The van der Waals surface area contributed by atoms with Gasteiger partial charge < -0.3 is 9.80 Å². The van der Waals surface area contributed by atoms with Gasteiger partial charge in [0.05, 0.1) is 16.9 Å². The lowest BCUT2D eigenvalue weighted by Gasteiger charge is -2.44. The van der Waals surface area contributed by atoms with Gasteiger partial charge in [0.15, 0.2) is 0 Å². The molecule has 0 heterocycles. The van der Waals surface area contributed by atoms with Crippen molar-refractivity contribution in [3.63, 3.8) is 0 Å². The van der Waals surface area contributed by atoms with Gasteiger partial charge in [-0.05, 0) is 193 Å². The molecule has 0 bridgehead atoms. The fraction of sp³-hybridized carbons (Fsp3) is 0.111. The van der Waals surface area contributed by atoms with Gasteiger partial charge in [-0.15, -0.1) is 0 Å². The van der Waals surface area contributed by atoms with Gasteiger partial charge in [0.25, 0.3) is 0 Å².